The van der Waals surface area contributed by atoms with Crippen molar-refractivity contribution < 1.29 is 9.59 Å². The van der Waals surface area contributed by atoms with Gasteiger partial charge >= 0.3 is 0 Å². The highest BCUT2D eigenvalue weighted by Crippen LogP contribution is 2.47. The van der Waals surface area contributed by atoms with Crippen LogP contribution in [-0.4, -0.2) is 18.2 Å². The molecule has 3 rings (SSSR count). The highest BCUT2D eigenvalue weighted by molar-refractivity contribution is 5.83. The lowest BCUT2D eigenvalue weighted by Crippen LogP contribution is -2.43. The van der Waals surface area contributed by atoms with Gasteiger partial charge in [-0.2, -0.15) is 0 Å². The molecule has 4 unspecified atom stereocenters. The van der Waals surface area contributed by atoms with Gasteiger partial charge in [0.1, 0.15) is 6.29 Å². The normalized spacial score (nSPS) is 26.3. The third-order valence-corrected chi connectivity index (χ3v) is 5.25. The molecular weight excluding hydrogens is 322 g/mol. The van der Waals surface area contributed by atoms with E-state index >= 15 is 0 Å². The number of carbonyl (C=O) groups is 2. The minimum absolute atomic E-state index is 0.149. The van der Waals surface area contributed by atoms with Crippen LogP contribution in [0, 0.1) is 11.8 Å². The summed E-state index contributed by atoms with van der Waals surface area (Å²) in [5.41, 5.74) is 1.28. The fourth-order valence-corrected chi connectivity index (χ4v) is 3.87. The third kappa shape index (κ3) is 6.59. The van der Waals surface area contributed by atoms with E-state index in [0.717, 1.165) is 32.0 Å². The molecule has 2 aliphatic carbocycles. The summed E-state index contributed by atoms with van der Waals surface area (Å²) in [6.45, 7) is 8.00. The van der Waals surface area contributed by atoms with Crippen LogP contribution in [0.1, 0.15) is 84.1 Å². The summed E-state index contributed by atoms with van der Waals surface area (Å²) in [5, 5.41) is 3.28. The van der Waals surface area contributed by atoms with Crippen LogP contribution in [0.15, 0.2) is 30.3 Å². The van der Waals surface area contributed by atoms with E-state index in [1.807, 2.05) is 45.9 Å². The van der Waals surface area contributed by atoms with Crippen molar-refractivity contribution in [2.45, 2.75) is 84.6 Å². The zero-order chi connectivity index (χ0) is 19.4. The number of hydrogen-bond donors (Lipinski definition) is 1. The van der Waals surface area contributed by atoms with E-state index in [1.165, 1.54) is 18.4 Å². The summed E-state index contributed by atoms with van der Waals surface area (Å²) in [6.07, 6.45) is 8.14. The number of hydrogen-bond acceptors (Lipinski definition) is 2. The first-order chi connectivity index (χ1) is 12.8. The summed E-state index contributed by atoms with van der Waals surface area (Å²) < 4.78 is 0. The molecule has 2 saturated carbocycles. The van der Waals surface area contributed by atoms with E-state index in [-0.39, 0.29) is 17.9 Å². The van der Waals surface area contributed by atoms with Gasteiger partial charge in [-0.3, -0.25) is 4.79 Å². The first-order valence-corrected chi connectivity index (χ1v) is 10.6. The molecule has 2 fully saturated rings. The average molecular weight is 360 g/mol. The van der Waals surface area contributed by atoms with E-state index < -0.39 is 0 Å². The molecule has 0 spiro atoms. The van der Waals surface area contributed by atoms with Gasteiger partial charge in [-0.15, -0.1) is 0 Å². The van der Waals surface area contributed by atoms with Crippen LogP contribution in [-0.2, 0) is 9.59 Å². The SMILES string of the molecule is CC.CC.O=CCCC1CCCCC1NC(=O)C1CC1c1ccccc1. The van der Waals surface area contributed by atoms with Crippen molar-refractivity contribution in [1.29, 1.82) is 0 Å². The van der Waals surface area contributed by atoms with E-state index in [9.17, 15) is 9.59 Å². The molecule has 2 aliphatic rings. The summed E-state index contributed by atoms with van der Waals surface area (Å²) in [4.78, 5) is 23.1. The molecule has 0 aromatic heterocycles. The van der Waals surface area contributed by atoms with Gasteiger partial charge in [-0.1, -0.05) is 70.9 Å². The Morgan fingerprint density at radius 2 is 1.73 bits per heavy atom. The standard InChI is InChI=1S/C19H25NO2.2C2H6/c21-12-6-10-15-9-4-5-11-18(15)20-19(22)17-13-16(17)14-7-2-1-3-8-14;2*1-2/h1-3,7-8,12,15-18H,4-6,9-11,13H2,(H,20,22);2*1-2H3. The fraction of sp³-hybridized carbons (Fsp3) is 0.652. The number of carbonyl (C=O) groups excluding carboxylic acids is 2. The highest BCUT2D eigenvalue weighted by Gasteiger charge is 2.44. The molecule has 1 aromatic rings. The second-order valence-corrected chi connectivity index (χ2v) is 6.76. The maximum Gasteiger partial charge on any atom is 0.223 e. The van der Waals surface area contributed by atoms with E-state index in [2.05, 4.69) is 17.4 Å². The van der Waals surface area contributed by atoms with Crippen LogP contribution in [0.2, 0.25) is 0 Å². The zero-order valence-electron chi connectivity index (χ0n) is 17.0. The Bertz CT molecular complexity index is 514. The van der Waals surface area contributed by atoms with Crippen molar-refractivity contribution in [1.82, 2.24) is 5.32 Å². The largest absolute Gasteiger partial charge is 0.353 e. The van der Waals surface area contributed by atoms with Crippen LogP contribution < -0.4 is 5.32 Å². The lowest BCUT2D eigenvalue weighted by Gasteiger charge is -2.32. The van der Waals surface area contributed by atoms with Crippen LogP contribution in [0.4, 0.5) is 0 Å². The van der Waals surface area contributed by atoms with Gasteiger partial charge in [0.2, 0.25) is 5.91 Å². The lowest BCUT2D eigenvalue weighted by molar-refractivity contribution is -0.123. The maximum absolute atomic E-state index is 12.5. The summed E-state index contributed by atoms with van der Waals surface area (Å²) in [7, 11) is 0. The maximum atomic E-state index is 12.5. The van der Waals surface area contributed by atoms with Crippen molar-refractivity contribution >= 4 is 12.2 Å². The van der Waals surface area contributed by atoms with Gasteiger partial charge in [0.15, 0.2) is 0 Å². The first-order valence-electron chi connectivity index (χ1n) is 10.6. The highest BCUT2D eigenvalue weighted by atomic mass is 16.2. The molecular formula is C23H37NO2. The van der Waals surface area contributed by atoms with Crippen LogP contribution in [0.25, 0.3) is 0 Å². The zero-order valence-corrected chi connectivity index (χ0v) is 17.0. The van der Waals surface area contributed by atoms with Crippen molar-refractivity contribution in [3.63, 3.8) is 0 Å². The van der Waals surface area contributed by atoms with Gasteiger partial charge < -0.3 is 10.1 Å². The van der Waals surface area contributed by atoms with Crippen LogP contribution in [0.3, 0.4) is 0 Å². The Kier molecular flexibility index (Phi) is 10.9. The molecule has 1 aromatic carbocycles. The second kappa shape index (κ2) is 12.7. The Balaban J connectivity index is 0.000000791. The minimum Gasteiger partial charge on any atom is -0.353 e. The second-order valence-electron chi connectivity index (χ2n) is 6.76. The first kappa shape index (κ1) is 22.4. The number of amides is 1. The van der Waals surface area contributed by atoms with Crippen molar-refractivity contribution in [2.24, 2.45) is 11.8 Å². The van der Waals surface area contributed by atoms with E-state index in [0.29, 0.717) is 18.3 Å². The smallest absolute Gasteiger partial charge is 0.223 e. The Morgan fingerprint density at radius 1 is 1.08 bits per heavy atom. The van der Waals surface area contributed by atoms with E-state index in [1.54, 1.807) is 0 Å². The molecule has 1 N–H and O–H groups in total. The molecule has 146 valence electrons. The molecule has 1 amide bonds. The average Bonchev–Trinajstić information content (AvgIpc) is 3.52. The molecule has 3 nitrogen and oxygen atoms in total. The predicted molar refractivity (Wildman–Crippen MR) is 109 cm³/mol. The Hall–Kier alpha value is -1.64. The number of rotatable bonds is 6. The molecule has 0 radical (unpaired) electrons. The fourth-order valence-electron chi connectivity index (χ4n) is 3.87. The topological polar surface area (TPSA) is 46.2 Å². The molecule has 0 aliphatic heterocycles. The van der Waals surface area contributed by atoms with Gasteiger partial charge in [-0.25, -0.2) is 0 Å². The van der Waals surface area contributed by atoms with Gasteiger partial charge in [-0.05, 0) is 43.1 Å². The summed E-state index contributed by atoms with van der Waals surface area (Å²) >= 11 is 0. The number of nitrogens with one attached hydrogen (secondary N) is 1. The van der Waals surface area contributed by atoms with Crippen molar-refractivity contribution in [3.8, 4) is 0 Å². The quantitative estimate of drug-likeness (QED) is 0.682. The molecule has 3 heteroatoms. The van der Waals surface area contributed by atoms with Crippen LogP contribution in [0.5, 0.6) is 0 Å². The molecule has 0 saturated heterocycles. The van der Waals surface area contributed by atoms with Crippen molar-refractivity contribution in [2.75, 3.05) is 0 Å². The lowest BCUT2D eigenvalue weighted by atomic mass is 9.81. The number of aldehydes is 1. The summed E-state index contributed by atoms with van der Waals surface area (Å²) in [5.74, 6) is 1.25. The minimum atomic E-state index is 0.149. The van der Waals surface area contributed by atoms with E-state index in [4.69, 9.17) is 0 Å². The molecule has 4 atom stereocenters. The third-order valence-electron chi connectivity index (χ3n) is 5.25. The van der Waals surface area contributed by atoms with Crippen molar-refractivity contribution in [3.05, 3.63) is 35.9 Å². The molecule has 26 heavy (non-hydrogen) atoms. The Morgan fingerprint density at radius 3 is 2.38 bits per heavy atom. The Labute approximate surface area is 160 Å². The van der Waals surface area contributed by atoms with Gasteiger partial charge in [0.05, 0.1) is 0 Å². The predicted octanol–water partition coefficient (Wildman–Crippen LogP) is 5.50. The molecule has 0 bridgehead atoms. The monoisotopic (exact) mass is 359 g/mol. The number of benzene rings is 1. The molecule has 0 heterocycles. The van der Waals surface area contributed by atoms with Crippen LogP contribution >= 0.6 is 0 Å². The van der Waals surface area contributed by atoms with Gasteiger partial charge in [0.25, 0.3) is 0 Å². The van der Waals surface area contributed by atoms with Gasteiger partial charge in [0, 0.05) is 18.4 Å². The summed E-state index contributed by atoms with van der Waals surface area (Å²) in [6, 6.07) is 10.6.